The van der Waals surface area contributed by atoms with Crippen molar-refractivity contribution in [3.05, 3.63) is 45.9 Å². The zero-order valence-electron chi connectivity index (χ0n) is 18.4. The van der Waals surface area contributed by atoms with Crippen LogP contribution in [0.3, 0.4) is 0 Å². The Hall–Kier alpha value is -2.12. The van der Waals surface area contributed by atoms with Crippen molar-refractivity contribution in [2.75, 3.05) is 27.2 Å². The summed E-state index contributed by atoms with van der Waals surface area (Å²) in [7, 11) is 3.75. The number of aromatic nitrogens is 1. The number of nitrogens with one attached hydrogen (secondary N) is 1. The highest BCUT2D eigenvalue weighted by atomic mass is 32.1. The average Bonchev–Trinajstić information content (AvgIpc) is 3.16. The van der Waals surface area contributed by atoms with Crippen LogP contribution >= 0.6 is 11.3 Å². The molecule has 0 fully saturated rings. The van der Waals surface area contributed by atoms with Crippen molar-refractivity contribution in [3.8, 4) is 5.75 Å². The van der Waals surface area contributed by atoms with Crippen LogP contribution in [-0.4, -0.2) is 49.2 Å². The van der Waals surface area contributed by atoms with E-state index in [2.05, 4.69) is 39.6 Å². The smallest absolute Gasteiger partial charge is 0.194 e. The molecule has 0 aliphatic carbocycles. The Balaban J connectivity index is 1.93. The number of methoxy groups -OCH3 is 1. The fourth-order valence-corrected chi connectivity index (χ4v) is 3.61. The van der Waals surface area contributed by atoms with Gasteiger partial charge in [-0.25, -0.2) is 4.98 Å². The lowest BCUT2D eigenvalue weighted by Gasteiger charge is -2.21. The molecule has 0 aliphatic heterocycles. The average molecular weight is 419 g/mol. The lowest BCUT2D eigenvalue weighted by molar-refractivity contribution is 0.119. The van der Waals surface area contributed by atoms with Crippen LogP contribution in [-0.2, 0) is 17.7 Å². The summed E-state index contributed by atoms with van der Waals surface area (Å²) in [5.41, 5.74) is 2.28. The molecular formula is C22H34N4O2S. The molecule has 1 heterocycles. The minimum absolute atomic E-state index is 0.0262. The molecule has 0 saturated heterocycles. The Morgan fingerprint density at radius 2 is 1.97 bits per heavy atom. The Morgan fingerprint density at radius 1 is 1.24 bits per heavy atom. The molecule has 1 N–H and O–H groups in total. The van der Waals surface area contributed by atoms with E-state index in [1.54, 1.807) is 18.4 Å². The number of guanidine groups is 1. The van der Waals surface area contributed by atoms with Gasteiger partial charge < -0.3 is 19.7 Å². The second-order valence-electron chi connectivity index (χ2n) is 7.21. The Labute approximate surface area is 179 Å². The predicted molar refractivity (Wildman–Crippen MR) is 121 cm³/mol. The van der Waals surface area contributed by atoms with E-state index in [-0.39, 0.29) is 12.2 Å². The van der Waals surface area contributed by atoms with Gasteiger partial charge >= 0.3 is 0 Å². The molecule has 7 heteroatoms. The molecule has 0 saturated carbocycles. The van der Waals surface area contributed by atoms with Crippen molar-refractivity contribution < 1.29 is 9.47 Å². The van der Waals surface area contributed by atoms with Gasteiger partial charge in [0.05, 0.1) is 18.3 Å². The summed E-state index contributed by atoms with van der Waals surface area (Å²) in [5, 5.41) is 6.46. The summed E-state index contributed by atoms with van der Waals surface area (Å²) in [6.45, 7) is 10.4. The third kappa shape index (κ3) is 7.66. The zero-order chi connectivity index (χ0) is 21.2. The SMILES string of the molecule is CCNC(=NCCc1ccc(OC(C)C)cc1)N(C)Cc1csc(C(C)OC)n1. The van der Waals surface area contributed by atoms with Crippen LogP contribution in [0.25, 0.3) is 0 Å². The molecule has 2 aromatic rings. The maximum atomic E-state index is 5.70. The van der Waals surface area contributed by atoms with E-state index in [1.165, 1.54) is 5.56 Å². The lowest BCUT2D eigenvalue weighted by Crippen LogP contribution is -2.38. The molecule has 6 nitrogen and oxygen atoms in total. The van der Waals surface area contributed by atoms with Gasteiger partial charge in [-0.05, 0) is 51.8 Å². The number of hydrogen-bond acceptors (Lipinski definition) is 5. The molecule has 1 atom stereocenters. The fourth-order valence-electron chi connectivity index (χ4n) is 2.77. The van der Waals surface area contributed by atoms with E-state index in [9.17, 15) is 0 Å². The van der Waals surface area contributed by atoms with E-state index >= 15 is 0 Å². The monoisotopic (exact) mass is 418 g/mol. The van der Waals surface area contributed by atoms with Crippen LogP contribution in [0.2, 0.25) is 0 Å². The van der Waals surface area contributed by atoms with Crippen molar-refractivity contribution in [1.29, 1.82) is 0 Å². The molecule has 2 rings (SSSR count). The summed E-state index contributed by atoms with van der Waals surface area (Å²) in [5.74, 6) is 1.80. The van der Waals surface area contributed by atoms with Crippen LogP contribution in [0.1, 0.15) is 50.1 Å². The molecule has 29 heavy (non-hydrogen) atoms. The first-order valence-corrected chi connectivity index (χ1v) is 11.0. The second kappa shape index (κ2) is 11.8. The van der Waals surface area contributed by atoms with Gasteiger partial charge in [0, 0.05) is 32.6 Å². The standard InChI is InChI=1S/C22H34N4O2S/c1-7-23-22(26(5)14-19-15-29-21(25-19)17(4)27-6)24-13-12-18-8-10-20(11-9-18)28-16(2)3/h8-11,15-17H,7,12-14H2,1-6H3,(H,23,24). The number of nitrogens with zero attached hydrogens (tertiary/aromatic N) is 3. The quantitative estimate of drug-likeness (QED) is 0.461. The first-order chi connectivity index (χ1) is 13.9. The van der Waals surface area contributed by atoms with Crippen LogP contribution in [0.15, 0.2) is 34.6 Å². The molecule has 1 unspecified atom stereocenters. The summed E-state index contributed by atoms with van der Waals surface area (Å²) in [6.07, 6.45) is 1.10. The Kier molecular flexibility index (Phi) is 9.41. The topological polar surface area (TPSA) is 59.0 Å². The number of aliphatic imine (C=N–C) groups is 1. The number of thiazole rings is 1. The Bertz CT molecular complexity index is 758. The largest absolute Gasteiger partial charge is 0.491 e. The maximum absolute atomic E-state index is 5.70. The van der Waals surface area contributed by atoms with Crippen LogP contribution in [0, 0.1) is 0 Å². The highest BCUT2D eigenvalue weighted by Crippen LogP contribution is 2.21. The van der Waals surface area contributed by atoms with Gasteiger partial charge in [-0.2, -0.15) is 0 Å². The predicted octanol–water partition coefficient (Wildman–Crippen LogP) is 4.28. The molecular weight excluding hydrogens is 384 g/mol. The maximum Gasteiger partial charge on any atom is 0.194 e. The molecule has 0 aliphatic rings. The van der Waals surface area contributed by atoms with Crippen LogP contribution in [0.4, 0.5) is 0 Å². The van der Waals surface area contributed by atoms with E-state index in [4.69, 9.17) is 14.5 Å². The van der Waals surface area contributed by atoms with Gasteiger partial charge in [0.25, 0.3) is 0 Å². The highest BCUT2D eigenvalue weighted by Gasteiger charge is 2.12. The summed E-state index contributed by atoms with van der Waals surface area (Å²) in [4.78, 5) is 11.6. The third-order valence-electron chi connectivity index (χ3n) is 4.32. The molecule has 1 aromatic heterocycles. The van der Waals surface area contributed by atoms with Crippen molar-refractivity contribution >= 4 is 17.3 Å². The number of benzene rings is 1. The summed E-state index contributed by atoms with van der Waals surface area (Å²) >= 11 is 1.64. The highest BCUT2D eigenvalue weighted by molar-refractivity contribution is 7.09. The van der Waals surface area contributed by atoms with Crippen LogP contribution < -0.4 is 10.1 Å². The van der Waals surface area contributed by atoms with E-state index in [1.807, 2.05) is 40.0 Å². The molecule has 0 bridgehead atoms. The fraction of sp³-hybridized carbons (Fsp3) is 0.545. The van der Waals surface area contributed by atoms with E-state index in [0.29, 0.717) is 6.54 Å². The minimum atomic E-state index is 0.0262. The first-order valence-electron chi connectivity index (χ1n) is 10.1. The lowest BCUT2D eigenvalue weighted by atomic mass is 10.1. The molecule has 0 amide bonds. The number of ether oxygens (including phenoxy) is 2. The van der Waals surface area contributed by atoms with Gasteiger partial charge in [0.2, 0.25) is 0 Å². The van der Waals surface area contributed by atoms with Crippen molar-refractivity contribution in [2.45, 2.75) is 52.9 Å². The number of hydrogen-bond donors (Lipinski definition) is 1. The van der Waals surface area contributed by atoms with Gasteiger partial charge in [-0.3, -0.25) is 4.99 Å². The first kappa shape index (κ1) is 23.2. The van der Waals surface area contributed by atoms with Gasteiger partial charge in [0.15, 0.2) is 5.96 Å². The summed E-state index contributed by atoms with van der Waals surface area (Å²) < 4.78 is 11.1. The zero-order valence-corrected chi connectivity index (χ0v) is 19.3. The van der Waals surface area contributed by atoms with Gasteiger partial charge in [-0.15, -0.1) is 11.3 Å². The van der Waals surface area contributed by atoms with Crippen molar-refractivity contribution in [2.24, 2.45) is 4.99 Å². The Morgan fingerprint density at radius 3 is 2.59 bits per heavy atom. The summed E-state index contributed by atoms with van der Waals surface area (Å²) in [6, 6.07) is 8.27. The van der Waals surface area contributed by atoms with E-state index < -0.39 is 0 Å². The molecule has 0 spiro atoms. The number of rotatable bonds is 10. The van der Waals surface area contributed by atoms with Gasteiger partial charge in [0.1, 0.15) is 16.9 Å². The third-order valence-corrected chi connectivity index (χ3v) is 5.38. The molecule has 0 radical (unpaired) electrons. The van der Waals surface area contributed by atoms with E-state index in [0.717, 1.165) is 41.9 Å². The van der Waals surface area contributed by atoms with Gasteiger partial charge in [-0.1, -0.05) is 12.1 Å². The normalized spacial score (nSPS) is 12.9. The second-order valence-corrected chi connectivity index (χ2v) is 8.10. The van der Waals surface area contributed by atoms with Crippen molar-refractivity contribution in [3.63, 3.8) is 0 Å². The van der Waals surface area contributed by atoms with Crippen LogP contribution in [0.5, 0.6) is 5.75 Å². The molecule has 160 valence electrons. The van der Waals surface area contributed by atoms with Crippen molar-refractivity contribution in [1.82, 2.24) is 15.2 Å². The minimum Gasteiger partial charge on any atom is -0.491 e. The molecule has 1 aromatic carbocycles.